The molecule has 0 aliphatic carbocycles. The van der Waals surface area contributed by atoms with Crippen LogP contribution in [0.25, 0.3) is 0 Å². The molecule has 0 amide bonds. The number of sulfonamides is 1. The molecule has 148 valence electrons. The highest BCUT2D eigenvalue weighted by atomic mass is 32.2. The first-order valence-electron chi connectivity index (χ1n) is 8.44. The number of rotatable bonds is 11. The van der Waals surface area contributed by atoms with Gasteiger partial charge in [-0.3, -0.25) is 14.8 Å². The van der Waals surface area contributed by atoms with Crippen molar-refractivity contribution in [1.29, 1.82) is 0 Å². The number of nitro benzene ring substituents is 1. The van der Waals surface area contributed by atoms with E-state index in [0.29, 0.717) is 26.1 Å². The molecular weight excluding hydrogens is 372 g/mol. The maximum absolute atomic E-state index is 12.3. The molecule has 0 spiro atoms. The quantitative estimate of drug-likeness (QED) is 0.332. The lowest BCUT2D eigenvalue weighted by atomic mass is 10.2. The summed E-state index contributed by atoms with van der Waals surface area (Å²) < 4.78 is 28.8. The van der Waals surface area contributed by atoms with E-state index in [1.165, 1.54) is 12.1 Å². The highest BCUT2D eigenvalue weighted by Gasteiger charge is 2.21. The Morgan fingerprint density at radius 3 is 2.70 bits per heavy atom. The van der Waals surface area contributed by atoms with Gasteiger partial charge >= 0.3 is 0 Å². The largest absolute Gasteiger partial charge is 0.379 e. The predicted octanol–water partition coefficient (Wildman–Crippen LogP) is 1.13. The molecule has 2 rings (SSSR count). The lowest BCUT2D eigenvalue weighted by Gasteiger charge is -2.12. The average Bonchev–Trinajstić information content (AvgIpc) is 3.11. The summed E-state index contributed by atoms with van der Waals surface area (Å²) in [7, 11) is -0.153. The van der Waals surface area contributed by atoms with Crippen LogP contribution in [0, 0.1) is 10.1 Å². The van der Waals surface area contributed by atoms with E-state index in [1.54, 1.807) is 10.9 Å². The Morgan fingerprint density at radius 1 is 1.30 bits per heavy atom. The van der Waals surface area contributed by atoms with Crippen LogP contribution in [0.3, 0.4) is 0 Å². The average molecular weight is 396 g/mol. The summed E-state index contributed by atoms with van der Waals surface area (Å²) >= 11 is 0. The Morgan fingerprint density at radius 2 is 2.07 bits per heavy atom. The molecule has 0 radical (unpaired) electrons. The van der Waals surface area contributed by atoms with Gasteiger partial charge in [-0.1, -0.05) is 0 Å². The van der Waals surface area contributed by atoms with Crippen LogP contribution >= 0.6 is 0 Å². The Balaban J connectivity index is 2.03. The molecule has 0 saturated carbocycles. The molecule has 0 fully saturated rings. The normalized spacial score (nSPS) is 11.7. The summed E-state index contributed by atoms with van der Waals surface area (Å²) in [6.07, 6.45) is 4.24. The van der Waals surface area contributed by atoms with E-state index in [1.807, 2.05) is 31.3 Å². The van der Waals surface area contributed by atoms with Gasteiger partial charge in [0.1, 0.15) is 5.69 Å². The van der Waals surface area contributed by atoms with Crippen LogP contribution in [0.1, 0.15) is 6.42 Å². The van der Waals surface area contributed by atoms with Crippen LogP contribution in [0.4, 0.5) is 11.4 Å². The van der Waals surface area contributed by atoms with E-state index in [2.05, 4.69) is 15.1 Å². The molecule has 2 aromatic rings. The van der Waals surface area contributed by atoms with Crippen LogP contribution in [0.15, 0.2) is 41.6 Å². The molecule has 0 aliphatic heterocycles. The number of nitrogens with one attached hydrogen (secondary N) is 2. The van der Waals surface area contributed by atoms with Crippen molar-refractivity contribution in [2.24, 2.45) is 0 Å². The number of nitrogens with zero attached hydrogens (tertiary/aromatic N) is 4. The maximum atomic E-state index is 12.3. The summed E-state index contributed by atoms with van der Waals surface area (Å²) in [5.74, 6) is 0. The first-order valence-corrected chi connectivity index (χ1v) is 9.92. The summed E-state index contributed by atoms with van der Waals surface area (Å²) in [6, 6.07) is 5.69. The molecule has 1 aromatic carbocycles. The molecule has 0 bridgehead atoms. The fourth-order valence-corrected chi connectivity index (χ4v) is 3.40. The molecule has 1 aromatic heterocycles. The highest BCUT2D eigenvalue weighted by Crippen LogP contribution is 2.27. The fraction of sp³-hybridized carbons (Fsp3) is 0.438. The van der Waals surface area contributed by atoms with Gasteiger partial charge in [-0.25, -0.2) is 13.1 Å². The van der Waals surface area contributed by atoms with Gasteiger partial charge in [-0.2, -0.15) is 5.10 Å². The third-order valence-electron chi connectivity index (χ3n) is 3.77. The molecule has 0 atom stereocenters. The van der Waals surface area contributed by atoms with Crippen molar-refractivity contribution in [2.75, 3.05) is 39.0 Å². The van der Waals surface area contributed by atoms with Gasteiger partial charge in [0.25, 0.3) is 5.69 Å². The molecule has 11 heteroatoms. The van der Waals surface area contributed by atoms with Crippen LogP contribution in [-0.4, -0.2) is 61.8 Å². The van der Waals surface area contributed by atoms with Crippen molar-refractivity contribution in [3.05, 3.63) is 46.8 Å². The zero-order chi connectivity index (χ0) is 19.9. The maximum Gasteiger partial charge on any atom is 0.293 e. The zero-order valence-electron chi connectivity index (χ0n) is 15.3. The van der Waals surface area contributed by atoms with E-state index in [4.69, 9.17) is 0 Å². The number of likely N-dealkylation sites (N-methyl/N-ethyl adjacent to an activating group) is 1. The third-order valence-corrected chi connectivity index (χ3v) is 5.22. The van der Waals surface area contributed by atoms with Crippen LogP contribution in [-0.2, 0) is 16.6 Å². The minimum atomic E-state index is -3.80. The van der Waals surface area contributed by atoms with Gasteiger partial charge in [0.2, 0.25) is 10.0 Å². The summed E-state index contributed by atoms with van der Waals surface area (Å²) in [4.78, 5) is 12.5. The first-order chi connectivity index (χ1) is 12.8. The van der Waals surface area contributed by atoms with Gasteiger partial charge in [0.15, 0.2) is 0 Å². The van der Waals surface area contributed by atoms with Crippen molar-refractivity contribution >= 4 is 21.4 Å². The van der Waals surface area contributed by atoms with Gasteiger partial charge in [0, 0.05) is 44.6 Å². The Kier molecular flexibility index (Phi) is 7.28. The monoisotopic (exact) mass is 396 g/mol. The van der Waals surface area contributed by atoms with Crippen LogP contribution < -0.4 is 10.0 Å². The first kappa shape index (κ1) is 20.8. The lowest BCUT2D eigenvalue weighted by Crippen LogP contribution is -2.31. The number of anilines is 1. The Hall–Kier alpha value is -2.50. The van der Waals surface area contributed by atoms with Gasteiger partial charge in [0.05, 0.1) is 9.82 Å². The van der Waals surface area contributed by atoms with Crippen LogP contribution in [0.5, 0.6) is 0 Å². The van der Waals surface area contributed by atoms with E-state index >= 15 is 0 Å². The third kappa shape index (κ3) is 6.31. The molecule has 1 heterocycles. The molecule has 27 heavy (non-hydrogen) atoms. The van der Waals surface area contributed by atoms with Crippen LogP contribution in [0.2, 0.25) is 0 Å². The van der Waals surface area contributed by atoms with Gasteiger partial charge in [-0.15, -0.1) is 0 Å². The number of nitro groups is 1. The molecule has 10 nitrogen and oxygen atoms in total. The Labute approximate surface area is 158 Å². The second kappa shape index (κ2) is 9.44. The van der Waals surface area contributed by atoms with E-state index < -0.39 is 14.9 Å². The van der Waals surface area contributed by atoms with Crippen molar-refractivity contribution in [2.45, 2.75) is 17.9 Å². The van der Waals surface area contributed by atoms with Crippen molar-refractivity contribution in [1.82, 2.24) is 19.4 Å². The topological polar surface area (TPSA) is 122 Å². The molecule has 0 unspecified atom stereocenters. The summed E-state index contributed by atoms with van der Waals surface area (Å²) in [5.41, 5.74) is 0.0114. The minimum Gasteiger partial charge on any atom is -0.379 e. The fourth-order valence-electron chi connectivity index (χ4n) is 2.36. The number of aryl methyl sites for hydroxylation is 1. The smallest absolute Gasteiger partial charge is 0.293 e. The number of hydrogen-bond acceptors (Lipinski definition) is 7. The SMILES string of the molecule is CN(C)CCNS(=O)(=O)c1ccc(NCCCn2cccn2)c([N+](=O)[O-])c1. The highest BCUT2D eigenvalue weighted by molar-refractivity contribution is 7.89. The summed E-state index contributed by atoms with van der Waals surface area (Å²) in [6.45, 7) is 1.91. The van der Waals surface area contributed by atoms with Crippen molar-refractivity contribution in [3.63, 3.8) is 0 Å². The Bertz CT molecular complexity index is 852. The standard InChI is InChI=1S/C16H24N6O4S/c1-20(2)12-9-19-27(25,26)14-5-6-15(16(13-14)22(23)24)17-7-3-10-21-11-4-8-18-21/h4-6,8,11,13,17,19H,3,7,9-10,12H2,1-2H3. The predicted molar refractivity (Wildman–Crippen MR) is 102 cm³/mol. The second-order valence-electron chi connectivity index (χ2n) is 6.19. The number of hydrogen-bond donors (Lipinski definition) is 2. The van der Waals surface area contributed by atoms with E-state index in [-0.39, 0.29) is 22.8 Å². The van der Waals surface area contributed by atoms with Crippen molar-refractivity contribution in [3.8, 4) is 0 Å². The number of benzene rings is 1. The molecule has 0 aliphatic rings. The molecule has 0 saturated heterocycles. The summed E-state index contributed by atoms with van der Waals surface area (Å²) in [5, 5.41) is 18.4. The van der Waals surface area contributed by atoms with Gasteiger partial charge in [-0.05, 0) is 38.7 Å². The minimum absolute atomic E-state index is 0.130. The molecule has 2 N–H and O–H groups in total. The van der Waals surface area contributed by atoms with Crippen molar-refractivity contribution < 1.29 is 13.3 Å². The second-order valence-corrected chi connectivity index (χ2v) is 7.95. The van der Waals surface area contributed by atoms with Gasteiger partial charge < -0.3 is 10.2 Å². The number of aromatic nitrogens is 2. The molecular formula is C16H24N6O4S. The lowest BCUT2D eigenvalue weighted by molar-refractivity contribution is -0.384. The van der Waals surface area contributed by atoms with E-state index in [0.717, 1.165) is 6.07 Å². The van der Waals surface area contributed by atoms with E-state index in [9.17, 15) is 18.5 Å². The zero-order valence-corrected chi connectivity index (χ0v) is 16.1.